The van der Waals surface area contributed by atoms with Gasteiger partial charge in [-0.05, 0) is 0 Å². The first kappa shape index (κ1) is 9.48. The molecule has 1 saturated heterocycles. The zero-order valence-corrected chi connectivity index (χ0v) is 7.73. The lowest BCUT2D eigenvalue weighted by Crippen LogP contribution is -2.39. The molecule has 2 aliphatic rings. The summed E-state index contributed by atoms with van der Waals surface area (Å²) in [5, 5.41) is 8.78. The van der Waals surface area contributed by atoms with Crippen LogP contribution in [-0.4, -0.2) is 36.8 Å². The molecular formula is C7H12ClN3O. The molecule has 1 N–H and O–H groups in total. The number of amides is 1. The maximum atomic E-state index is 11.3. The van der Waals surface area contributed by atoms with Crippen molar-refractivity contribution in [3.05, 3.63) is 0 Å². The van der Waals surface area contributed by atoms with E-state index in [9.17, 15) is 4.79 Å². The molecule has 0 aromatic carbocycles. The van der Waals surface area contributed by atoms with Gasteiger partial charge in [0.2, 0.25) is 0 Å². The normalized spacial score (nSPS) is 27.8. The minimum atomic E-state index is 0. The van der Waals surface area contributed by atoms with Gasteiger partial charge >= 0.3 is 0 Å². The summed E-state index contributed by atoms with van der Waals surface area (Å²) in [5.74, 6) is 0.168. The summed E-state index contributed by atoms with van der Waals surface area (Å²) in [5.41, 5.74) is 1.05. The monoisotopic (exact) mass is 189 g/mol. The summed E-state index contributed by atoms with van der Waals surface area (Å²) in [7, 11) is 1.72. The highest BCUT2D eigenvalue weighted by molar-refractivity contribution is 6.08. The number of carbonyl (C=O) groups excluding carboxylic acids is 1. The van der Waals surface area contributed by atoms with Crippen molar-refractivity contribution in [2.45, 2.75) is 6.42 Å². The van der Waals surface area contributed by atoms with Crippen molar-refractivity contribution in [2.24, 2.45) is 11.0 Å². The maximum Gasteiger partial charge on any atom is 0.252 e. The fourth-order valence-electron chi connectivity index (χ4n) is 1.57. The number of hydrogen-bond donors (Lipinski definition) is 1. The molecule has 4 nitrogen and oxygen atoms in total. The van der Waals surface area contributed by atoms with Gasteiger partial charge in [0.25, 0.3) is 5.91 Å². The van der Waals surface area contributed by atoms with Crippen LogP contribution in [0.4, 0.5) is 0 Å². The van der Waals surface area contributed by atoms with Crippen molar-refractivity contribution in [1.82, 2.24) is 10.3 Å². The molecule has 5 heteroatoms. The highest BCUT2D eigenvalue weighted by Crippen LogP contribution is 2.17. The predicted molar refractivity (Wildman–Crippen MR) is 48.4 cm³/mol. The van der Waals surface area contributed by atoms with Gasteiger partial charge in [0.1, 0.15) is 0 Å². The number of piperidine rings is 1. The van der Waals surface area contributed by atoms with Gasteiger partial charge in [0.15, 0.2) is 0 Å². The van der Waals surface area contributed by atoms with Crippen LogP contribution in [0.15, 0.2) is 5.10 Å². The molecule has 0 radical (unpaired) electrons. The van der Waals surface area contributed by atoms with E-state index in [4.69, 9.17) is 0 Å². The first-order valence-corrected chi connectivity index (χ1v) is 3.84. The van der Waals surface area contributed by atoms with E-state index >= 15 is 0 Å². The van der Waals surface area contributed by atoms with E-state index in [-0.39, 0.29) is 24.2 Å². The van der Waals surface area contributed by atoms with Gasteiger partial charge in [0, 0.05) is 26.6 Å². The second-order valence-corrected chi connectivity index (χ2v) is 2.96. The fraction of sp³-hybridized carbons (Fsp3) is 0.714. The van der Waals surface area contributed by atoms with Gasteiger partial charge in [0.05, 0.1) is 11.6 Å². The number of hydrazone groups is 1. The zero-order valence-electron chi connectivity index (χ0n) is 6.91. The molecule has 1 unspecified atom stereocenters. The minimum absolute atomic E-state index is 0. The number of nitrogens with one attached hydrogen (secondary N) is 1. The highest BCUT2D eigenvalue weighted by atomic mass is 35.5. The van der Waals surface area contributed by atoms with Crippen LogP contribution in [0.2, 0.25) is 0 Å². The summed E-state index contributed by atoms with van der Waals surface area (Å²) >= 11 is 0. The van der Waals surface area contributed by atoms with Crippen molar-refractivity contribution < 1.29 is 4.79 Å². The Hall–Kier alpha value is -0.610. The highest BCUT2D eigenvalue weighted by Gasteiger charge is 2.34. The Balaban J connectivity index is 0.000000720. The number of fused-ring (bicyclic) bond motifs is 1. The van der Waals surface area contributed by atoms with E-state index in [1.54, 1.807) is 7.05 Å². The van der Waals surface area contributed by atoms with E-state index in [1.807, 2.05) is 0 Å². The van der Waals surface area contributed by atoms with Crippen LogP contribution in [0.25, 0.3) is 0 Å². The summed E-state index contributed by atoms with van der Waals surface area (Å²) < 4.78 is 0. The first-order valence-electron chi connectivity index (χ1n) is 3.84. The van der Waals surface area contributed by atoms with Crippen LogP contribution >= 0.6 is 12.4 Å². The molecule has 0 aromatic heterocycles. The molecule has 2 aliphatic heterocycles. The van der Waals surface area contributed by atoms with Crippen molar-refractivity contribution in [2.75, 3.05) is 20.1 Å². The van der Waals surface area contributed by atoms with Gasteiger partial charge in [-0.15, -0.1) is 12.4 Å². The Morgan fingerprint density at radius 2 is 2.42 bits per heavy atom. The molecule has 0 saturated carbocycles. The second kappa shape index (κ2) is 3.41. The molecule has 0 aliphatic carbocycles. The van der Waals surface area contributed by atoms with Gasteiger partial charge in [-0.1, -0.05) is 0 Å². The molecule has 1 amide bonds. The molecule has 0 bridgehead atoms. The molecular weight excluding hydrogens is 178 g/mol. The first-order chi connectivity index (χ1) is 5.29. The average Bonchev–Trinajstić information content (AvgIpc) is 2.30. The predicted octanol–water partition coefficient (Wildman–Crippen LogP) is -0.154. The molecule has 68 valence electrons. The zero-order chi connectivity index (χ0) is 7.84. The summed E-state index contributed by atoms with van der Waals surface area (Å²) in [6.07, 6.45) is 0.917. The Kier molecular flexibility index (Phi) is 2.69. The molecule has 2 heterocycles. The molecule has 0 spiro atoms. The lowest BCUT2D eigenvalue weighted by molar-refractivity contribution is -0.130. The maximum absolute atomic E-state index is 11.3. The molecule has 12 heavy (non-hydrogen) atoms. The average molecular weight is 190 g/mol. The van der Waals surface area contributed by atoms with Crippen molar-refractivity contribution in [3.8, 4) is 0 Å². The Morgan fingerprint density at radius 1 is 1.67 bits per heavy atom. The van der Waals surface area contributed by atoms with Crippen LogP contribution in [0.3, 0.4) is 0 Å². The van der Waals surface area contributed by atoms with Gasteiger partial charge < -0.3 is 5.32 Å². The van der Waals surface area contributed by atoms with Crippen LogP contribution in [0, 0.1) is 5.92 Å². The van der Waals surface area contributed by atoms with E-state index in [2.05, 4.69) is 10.4 Å². The topological polar surface area (TPSA) is 44.7 Å². The standard InChI is InChI=1S/C7H11N3O.ClH/c1-10-7(11)5-4-8-3-2-6(5)9-10;/h5,8H,2-4H2,1H3;1H. The third kappa shape index (κ3) is 1.32. The largest absolute Gasteiger partial charge is 0.315 e. The lowest BCUT2D eigenvalue weighted by Gasteiger charge is -2.17. The van der Waals surface area contributed by atoms with E-state index < -0.39 is 0 Å². The Labute approximate surface area is 77.4 Å². The van der Waals surface area contributed by atoms with Crippen molar-refractivity contribution in [3.63, 3.8) is 0 Å². The van der Waals surface area contributed by atoms with Crippen LogP contribution in [0.1, 0.15) is 6.42 Å². The van der Waals surface area contributed by atoms with Gasteiger partial charge in [-0.25, -0.2) is 5.01 Å². The number of hydrogen-bond acceptors (Lipinski definition) is 3. The number of nitrogens with zero attached hydrogens (tertiary/aromatic N) is 2. The molecule has 0 aromatic rings. The van der Waals surface area contributed by atoms with Crippen molar-refractivity contribution in [1.29, 1.82) is 0 Å². The molecule has 1 atom stereocenters. The third-order valence-corrected chi connectivity index (χ3v) is 2.20. The number of rotatable bonds is 0. The van der Waals surface area contributed by atoms with Crippen LogP contribution in [0.5, 0.6) is 0 Å². The summed E-state index contributed by atoms with van der Waals surface area (Å²) in [4.78, 5) is 11.3. The SMILES string of the molecule is CN1N=C2CCNCC2C1=O.Cl. The second-order valence-electron chi connectivity index (χ2n) is 2.96. The van der Waals surface area contributed by atoms with E-state index in [1.165, 1.54) is 5.01 Å². The van der Waals surface area contributed by atoms with Gasteiger partial charge in [-0.2, -0.15) is 5.10 Å². The van der Waals surface area contributed by atoms with E-state index in [0.29, 0.717) is 0 Å². The summed E-state index contributed by atoms with van der Waals surface area (Å²) in [6, 6.07) is 0. The van der Waals surface area contributed by atoms with Crippen molar-refractivity contribution >= 4 is 24.0 Å². The van der Waals surface area contributed by atoms with E-state index in [0.717, 1.165) is 25.2 Å². The molecule has 1 fully saturated rings. The summed E-state index contributed by atoms with van der Waals surface area (Å²) in [6.45, 7) is 1.72. The number of halogens is 1. The smallest absolute Gasteiger partial charge is 0.252 e. The van der Waals surface area contributed by atoms with Gasteiger partial charge in [-0.3, -0.25) is 4.79 Å². The van der Waals surface area contributed by atoms with Crippen LogP contribution < -0.4 is 5.32 Å². The fourth-order valence-corrected chi connectivity index (χ4v) is 1.57. The Morgan fingerprint density at radius 3 is 3.08 bits per heavy atom. The minimum Gasteiger partial charge on any atom is -0.315 e. The number of carbonyl (C=O) groups is 1. The lowest BCUT2D eigenvalue weighted by atomic mass is 9.98. The molecule has 2 rings (SSSR count). The third-order valence-electron chi connectivity index (χ3n) is 2.20. The quantitative estimate of drug-likeness (QED) is 0.576. The Bertz CT molecular complexity index is 229. The van der Waals surface area contributed by atoms with Crippen LogP contribution in [-0.2, 0) is 4.79 Å².